The van der Waals surface area contributed by atoms with Crippen LogP contribution >= 0.6 is 27.3 Å². The molecule has 2 aromatic heterocycles. The van der Waals surface area contributed by atoms with Gasteiger partial charge in [0.15, 0.2) is 0 Å². The normalized spacial score (nSPS) is 13.8. The second kappa shape index (κ2) is 5.81. The summed E-state index contributed by atoms with van der Waals surface area (Å²) in [6, 6.07) is 6.98. The summed E-state index contributed by atoms with van der Waals surface area (Å²) in [5, 5.41) is 14.9. The molecule has 4 nitrogen and oxygen atoms in total. The molecule has 0 fully saturated rings. The van der Waals surface area contributed by atoms with Crippen molar-refractivity contribution in [3.8, 4) is 0 Å². The SMILES string of the molecule is CC(O)(CNC(=O)c1ccnc(Br)c1)c1cccs1. The van der Waals surface area contributed by atoms with Crippen molar-refractivity contribution in [3.63, 3.8) is 0 Å². The van der Waals surface area contributed by atoms with Crippen LogP contribution in [0.2, 0.25) is 0 Å². The number of amides is 1. The summed E-state index contributed by atoms with van der Waals surface area (Å²) >= 11 is 4.67. The molecule has 2 heterocycles. The third kappa shape index (κ3) is 3.62. The molecule has 0 saturated carbocycles. The van der Waals surface area contributed by atoms with Gasteiger partial charge in [0.1, 0.15) is 10.2 Å². The van der Waals surface area contributed by atoms with Crippen LogP contribution in [0.15, 0.2) is 40.4 Å². The number of halogens is 1. The maximum atomic E-state index is 11.9. The van der Waals surface area contributed by atoms with Crippen molar-refractivity contribution in [2.75, 3.05) is 6.54 Å². The van der Waals surface area contributed by atoms with E-state index in [0.717, 1.165) is 4.88 Å². The first-order valence-electron chi connectivity index (χ1n) is 5.65. The fourth-order valence-corrected chi connectivity index (χ4v) is 2.72. The van der Waals surface area contributed by atoms with E-state index in [4.69, 9.17) is 0 Å². The number of hydrogen-bond acceptors (Lipinski definition) is 4. The molecule has 0 aliphatic carbocycles. The lowest BCUT2D eigenvalue weighted by Gasteiger charge is -2.22. The molecule has 2 N–H and O–H groups in total. The van der Waals surface area contributed by atoms with E-state index in [-0.39, 0.29) is 12.5 Å². The quantitative estimate of drug-likeness (QED) is 0.840. The van der Waals surface area contributed by atoms with Crippen LogP contribution in [0, 0.1) is 0 Å². The Labute approximate surface area is 123 Å². The van der Waals surface area contributed by atoms with E-state index in [0.29, 0.717) is 10.2 Å². The average molecular weight is 341 g/mol. The smallest absolute Gasteiger partial charge is 0.251 e. The van der Waals surface area contributed by atoms with Gasteiger partial charge < -0.3 is 10.4 Å². The Morgan fingerprint density at radius 2 is 2.37 bits per heavy atom. The molecule has 0 bridgehead atoms. The Morgan fingerprint density at radius 1 is 1.58 bits per heavy atom. The molecule has 0 spiro atoms. The van der Waals surface area contributed by atoms with E-state index in [1.165, 1.54) is 11.3 Å². The van der Waals surface area contributed by atoms with Gasteiger partial charge in [0, 0.05) is 16.6 Å². The molecule has 0 aliphatic heterocycles. The highest BCUT2D eigenvalue weighted by Gasteiger charge is 2.25. The summed E-state index contributed by atoms with van der Waals surface area (Å²) in [6.07, 6.45) is 1.55. The number of thiophene rings is 1. The monoisotopic (exact) mass is 340 g/mol. The van der Waals surface area contributed by atoms with Crippen molar-refractivity contribution in [1.29, 1.82) is 0 Å². The Bertz CT molecular complexity index is 570. The standard InChI is InChI=1S/C13H13BrN2O2S/c1-13(18,10-3-2-6-19-10)8-16-12(17)9-4-5-15-11(14)7-9/h2-7,18H,8H2,1H3,(H,16,17). The molecule has 1 unspecified atom stereocenters. The fourth-order valence-electron chi connectivity index (χ4n) is 1.57. The van der Waals surface area contributed by atoms with Crippen molar-refractivity contribution in [2.45, 2.75) is 12.5 Å². The molecule has 0 aromatic carbocycles. The van der Waals surface area contributed by atoms with Gasteiger partial charge >= 0.3 is 0 Å². The van der Waals surface area contributed by atoms with Gasteiger partial charge in [-0.1, -0.05) is 6.07 Å². The van der Waals surface area contributed by atoms with Crippen LogP contribution in [-0.2, 0) is 5.60 Å². The maximum Gasteiger partial charge on any atom is 0.251 e. The lowest BCUT2D eigenvalue weighted by Crippen LogP contribution is -2.38. The minimum atomic E-state index is -1.06. The number of aromatic nitrogens is 1. The van der Waals surface area contributed by atoms with Crippen molar-refractivity contribution >= 4 is 33.2 Å². The predicted molar refractivity (Wildman–Crippen MR) is 78.2 cm³/mol. The third-order valence-corrected chi connectivity index (χ3v) is 4.19. The summed E-state index contributed by atoms with van der Waals surface area (Å²) in [6.45, 7) is 1.84. The zero-order valence-electron chi connectivity index (χ0n) is 10.3. The van der Waals surface area contributed by atoms with Crippen LogP contribution in [0.4, 0.5) is 0 Å². The number of carbonyl (C=O) groups is 1. The molecule has 19 heavy (non-hydrogen) atoms. The number of aliphatic hydroxyl groups is 1. The van der Waals surface area contributed by atoms with Gasteiger partial charge in [-0.3, -0.25) is 4.79 Å². The third-order valence-electron chi connectivity index (χ3n) is 2.63. The summed E-state index contributed by atoms with van der Waals surface area (Å²) in [5.74, 6) is -0.236. The van der Waals surface area contributed by atoms with Gasteiger partial charge in [-0.25, -0.2) is 4.98 Å². The molecule has 100 valence electrons. The maximum absolute atomic E-state index is 11.9. The lowest BCUT2D eigenvalue weighted by molar-refractivity contribution is 0.0556. The van der Waals surface area contributed by atoms with Crippen LogP contribution < -0.4 is 5.32 Å². The molecule has 0 radical (unpaired) electrons. The molecule has 1 atom stereocenters. The number of hydrogen-bond donors (Lipinski definition) is 2. The topological polar surface area (TPSA) is 62.2 Å². The molecule has 0 aliphatic rings. The Morgan fingerprint density at radius 3 is 3.00 bits per heavy atom. The molecular formula is C13H13BrN2O2S. The summed E-state index contributed by atoms with van der Waals surface area (Å²) < 4.78 is 0.602. The van der Waals surface area contributed by atoms with E-state index in [2.05, 4.69) is 26.2 Å². The van der Waals surface area contributed by atoms with Crippen LogP contribution in [0.5, 0.6) is 0 Å². The second-order valence-corrected chi connectivity index (χ2v) is 6.06. The predicted octanol–water partition coefficient (Wildman–Crippen LogP) is 2.54. The minimum Gasteiger partial charge on any atom is -0.383 e. The summed E-state index contributed by atoms with van der Waals surface area (Å²) in [5.41, 5.74) is -0.558. The number of pyridine rings is 1. The number of nitrogens with zero attached hydrogens (tertiary/aromatic N) is 1. The lowest BCUT2D eigenvalue weighted by atomic mass is 10.1. The molecular weight excluding hydrogens is 328 g/mol. The summed E-state index contributed by atoms with van der Waals surface area (Å²) in [7, 11) is 0. The average Bonchev–Trinajstić information content (AvgIpc) is 2.90. The molecule has 6 heteroatoms. The zero-order valence-corrected chi connectivity index (χ0v) is 12.7. The van der Waals surface area contributed by atoms with Crippen LogP contribution in [0.25, 0.3) is 0 Å². The first-order valence-corrected chi connectivity index (χ1v) is 7.32. The van der Waals surface area contributed by atoms with E-state index >= 15 is 0 Å². The summed E-state index contributed by atoms with van der Waals surface area (Å²) in [4.78, 5) is 16.7. The highest BCUT2D eigenvalue weighted by atomic mass is 79.9. The van der Waals surface area contributed by atoms with Crippen LogP contribution in [0.3, 0.4) is 0 Å². The van der Waals surface area contributed by atoms with Crippen LogP contribution in [0.1, 0.15) is 22.2 Å². The Kier molecular flexibility index (Phi) is 4.34. The number of carbonyl (C=O) groups excluding carboxylic acids is 1. The molecule has 0 saturated heterocycles. The van der Waals surface area contributed by atoms with E-state index in [9.17, 15) is 9.90 Å². The number of nitrogens with one attached hydrogen (secondary N) is 1. The van der Waals surface area contributed by atoms with E-state index in [1.807, 2.05) is 17.5 Å². The van der Waals surface area contributed by atoms with Gasteiger partial charge in [-0.05, 0) is 46.4 Å². The largest absolute Gasteiger partial charge is 0.383 e. The van der Waals surface area contributed by atoms with E-state index in [1.54, 1.807) is 25.3 Å². The van der Waals surface area contributed by atoms with Gasteiger partial charge in [0.05, 0.1) is 6.54 Å². The van der Waals surface area contributed by atoms with Gasteiger partial charge in [-0.15, -0.1) is 11.3 Å². The number of rotatable bonds is 4. The fraction of sp³-hybridized carbons (Fsp3) is 0.231. The van der Waals surface area contributed by atoms with Crippen molar-refractivity contribution in [2.24, 2.45) is 0 Å². The Hall–Kier alpha value is -1.24. The van der Waals surface area contributed by atoms with E-state index < -0.39 is 5.60 Å². The van der Waals surface area contributed by atoms with Crippen molar-refractivity contribution in [1.82, 2.24) is 10.3 Å². The zero-order chi connectivity index (χ0) is 13.9. The highest BCUT2D eigenvalue weighted by molar-refractivity contribution is 9.10. The van der Waals surface area contributed by atoms with Crippen molar-refractivity contribution < 1.29 is 9.90 Å². The van der Waals surface area contributed by atoms with Gasteiger partial charge in [0.25, 0.3) is 5.91 Å². The Balaban J connectivity index is 2.01. The molecule has 1 amide bonds. The molecule has 2 rings (SSSR count). The van der Waals surface area contributed by atoms with Gasteiger partial charge in [0.2, 0.25) is 0 Å². The van der Waals surface area contributed by atoms with Crippen LogP contribution in [-0.4, -0.2) is 22.5 Å². The highest BCUT2D eigenvalue weighted by Crippen LogP contribution is 2.24. The first-order chi connectivity index (χ1) is 8.99. The molecule has 2 aromatic rings. The second-order valence-electron chi connectivity index (χ2n) is 4.30. The van der Waals surface area contributed by atoms with Crippen molar-refractivity contribution in [3.05, 3.63) is 50.9 Å². The first kappa shape index (κ1) is 14.2. The van der Waals surface area contributed by atoms with Gasteiger partial charge in [-0.2, -0.15) is 0 Å². The minimum absolute atomic E-state index is 0.159.